The fourth-order valence-corrected chi connectivity index (χ4v) is 2.91. The summed E-state index contributed by atoms with van der Waals surface area (Å²) in [6.45, 7) is 0.129. The van der Waals surface area contributed by atoms with Gasteiger partial charge in [0.2, 0.25) is 10.0 Å². The maximum absolute atomic E-state index is 12.4. The fourth-order valence-electron chi connectivity index (χ4n) is 2.01. The first-order valence-electron chi connectivity index (χ1n) is 7.43. The van der Waals surface area contributed by atoms with Gasteiger partial charge in [0.1, 0.15) is 0 Å². The maximum atomic E-state index is 12.4. The molecule has 26 heavy (non-hydrogen) atoms. The molecule has 1 aromatic carbocycles. The largest absolute Gasteiger partial charge is 0.435 e. The summed E-state index contributed by atoms with van der Waals surface area (Å²) in [5.41, 5.74) is -0.763. The zero-order valence-electron chi connectivity index (χ0n) is 14.0. The molecule has 0 saturated carbocycles. The van der Waals surface area contributed by atoms with E-state index in [9.17, 15) is 26.4 Å². The average Bonchev–Trinajstić information content (AvgIpc) is 3.04. The lowest BCUT2D eigenvalue weighted by Crippen LogP contribution is -2.27. The van der Waals surface area contributed by atoms with Crippen LogP contribution in [0.5, 0.6) is 0 Å². The standard InChI is InChI=1S/C15H17F3N4O3S/c1-21(2)26(24,25)12-5-3-11(4-6-12)14(23)19-8-10-22-9-7-13(20-22)15(16,17)18/h3-7,9H,8,10H2,1-2H3,(H,19,23). The zero-order chi connectivity index (χ0) is 19.5. The van der Waals surface area contributed by atoms with Crippen LogP contribution in [-0.2, 0) is 22.7 Å². The van der Waals surface area contributed by atoms with E-state index in [1.165, 1.54) is 44.6 Å². The third kappa shape index (κ3) is 4.61. The van der Waals surface area contributed by atoms with E-state index in [1.54, 1.807) is 0 Å². The lowest BCUT2D eigenvalue weighted by molar-refractivity contribution is -0.141. The molecule has 2 aromatic rings. The summed E-state index contributed by atoms with van der Waals surface area (Å²) in [7, 11) is -0.787. The SMILES string of the molecule is CN(C)S(=O)(=O)c1ccc(C(=O)NCCn2ccc(C(F)(F)F)n2)cc1. The number of benzene rings is 1. The van der Waals surface area contributed by atoms with Crippen molar-refractivity contribution in [2.45, 2.75) is 17.6 Å². The van der Waals surface area contributed by atoms with Crippen molar-refractivity contribution in [3.05, 3.63) is 47.8 Å². The molecule has 0 saturated heterocycles. The second kappa shape index (κ2) is 7.46. The number of carbonyl (C=O) groups is 1. The molecule has 0 bridgehead atoms. The Morgan fingerprint density at radius 3 is 2.31 bits per heavy atom. The number of hydrogen-bond donors (Lipinski definition) is 1. The van der Waals surface area contributed by atoms with Crippen LogP contribution in [0.3, 0.4) is 0 Å². The minimum absolute atomic E-state index is 0.0512. The van der Waals surface area contributed by atoms with Crippen molar-refractivity contribution in [3.8, 4) is 0 Å². The number of halogens is 3. The molecule has 1 amide bonds. The van der Waals surface area contributed by atoms with E-state index in [-0.39, 0.29) is 23.5 Å². The summed E-state index contributed by atoms with van der Waals surface area (Å²) < 4.78 is 63.4. The topological polar surface area (TPSA) is 84.3 Å². The van der Waals surface area contributed by atoms with Gasteiger partial charge >= 0.3 is 6.18 Å². The Morgan fingerprint density at radius 2 is 1.81 bits per heavy atom. The molecule has 7 nitrogen and oxygen atoms in total. The van der Waals surface area contributed by atoms with Gasteiger partial charge in [-0.1, -0.05) is 0 Å². The van der Waals surface area contributed by atoms with Gasteiger partial charge < -0.3 is 5.32 Å². The second-order valence-electron chi connectivity index (χ2n) is 5.53. The van der Waals surface area contributed by atoms with E-state index in [2.05, 4.69) is 10.4 Å². The highest BCUT2D eigenvalue weighted by Gasteiger charge is 2.33. The van der Waals surface area contributed by atoms with Gasteiger partial charge in [0.25, 0.3) is 5.91 Å². The Morgan fingerprint density at radius 1 is 1.19 bits per heavy atom. The van der Waals surface area contributed by atoms with Crippen molar-refractivity contribution in [3.63, 3.8) is 0 Å². The van der Waals surface area contributed by atoms with Crippen LogP contribution in [0.4, 0.5) is 13.2 Å². The van der Waals surface area contributed by atoms with Gasteiger partial charge in [0, 0.05) is 32.4 Å². The molecule has 0 spiro atoms. The highest BCUT2D eigenvalue weighted by Crippen LogP contribution is 2.27. The van der Waals surface area contributed by atoms with Crippen molar-refractivity contribution >= 4 is 15.9 Å². The summed E-state index contributed by atoms with van der Waals surface area (Å²) in [6.07, 6.45) is -3.33. The molecular weight excluding hydrogens is 373 g/mol. The summed E-state index contributed by atoms with van der Waals surface area (Å²) >= 11 is 0. The third-order valence-electron chi connectivity index (χ3n) is 3.45. The predicted molar refractivity (Wildman–Crippen MR) is 86.9 cm³/mol. The van der Waals surface area contributed by atoms with Crippen molar-refractivity contribution in [1.82, 2.24) is 19.4 Å². The number of rotatable bonds is 6. The van der Waals surface area contributed by atoms with Crippen LogP contribution in [-0.4, -0.2) is 49.1 Å². The van der Waals surface area contributed by atoms with Crippen molar-refractivity contribution < 1.29 is 26.4 Å². The molecule has 0 unspecified atom stereocenters. The van der Waals surface area contributed by atoms with Gasteiger partial charge in [-0.2, -0.15) is 18.3 Å². The van der Waals surface area contributed by atoms with Crippen LogP contribution in [0.15, 0.2) is 41.4 Å². The summed E-state index contributed by atoms with van der Waals surface area (Å²) in [5.74, 6) is -0.470. The second-order valence-corrected chi connectivity index (χ2v) is 7.68. The normalized spacial score (nSPS) is 12.4. The first-order valence-corrected chi connectivity index (χ1v) is 8.87. The predicted octanol–water partition coefficient (Wildman–Crippen LogP) is 1.58. The highest BCUT2D eigenvalue weighted by molar-refractivity contribution is 7.89. The number of sulfonamides is 1. The van der Waals surface area contributed by atoms with Gasteiger partial charge in [-0.3, -0.25) is 9.48 Å². The molecule has 0 aliphatic heterocycles. The first-order chi connectivity index (χ1) is 12.0. The van der Waals surface area contributed by atoms with E-state index in [0.717, 1.165) is 15.1 Å². The van der Waals surface area contributed by atoms with Crippen LogP contribution < -0.4 is 5.32 Å². The number of nitrogens with one attached hydrogen (secondary N) is 1. The molecule has 2 rings (SSSR count). The summed E-state index contributed by atoms with van der Waals surface area (Å²) in [5, 5.41) is 5.91. The highest BCUT2D eigenvalue weighted by atomic mass is 32.2. The number of hydrogen-bond acceptors (Lipinski definition) is 4. The van der Waals surface area contributed by atoms with Crippen molar-refractivity contribution in [1.29, 1.82) is 0 Å². The van der Waals surface area contributed by atoms with Crippen molar-refractivity contribution in [2.24, 2.45) is 0 Å². The van der Waals surface area contributed by atoms with Crippen LogP contribution in [0.1, 0.15) is 16.1 Å². The molecule has 0 radical (unpaired) electrons. The van der Waals surface area contributed by atoms with Gasteiger partial charge in [0.15, 0.2) is 5.69 Å². The quantitative estimate of drug-likeness (QED) is 0.812. The molecule has 1 N–H and O–H groups in total. The zero-order valence-corrected chi connectivity index (χ0v) is 14.8. The van der Waals surface area contributed by atoms with Gasteiger partial charge in [0.05, 0.1) is 11.4 Å². The maximum Gasteiger partial charge on any atom is 0.435 e. The molecular formula is C15H17F3N4O3S. The lowest BCUT2D eigenvalue weighted by Gasteiger charge is -2.11. The smallest absolute Gasteiger partial charge is 0.350 e. The summed E-state index contributed by atoms with van der Waals surface area (Å²) in [4.78, 5) is 12.1. The van der Waals surface area contributed by atoms with E-state index >= 15 is 0 Å². The molecule has 0 fully saturated rings. The van der Waals surface area contributed by atoms with Gasteiger partial charge in [-0.25, -0.2) is 12.7 Å². The molecule has 0 aliphatic carbocycles. The van der Waals surface area contributed by atoms with E-state index in [4.69, 9.17) is 0 Å². The van der Waals surface area contributed by atoms with E-state index in [0.29, 0.717) is 0 Å². The lowest BCUT2D eigenvalue weighted by atomic mass is 10.2. The number of carbonyl (C=O) groups excluding carboxylic acids is 1. The number of nitrogens with zero attached hydrogens (tertiary/aromatic N) is 3. The monoisotopic (exact) mass is 390 g/mol. The van der Waals surface area contributed by atoms with Gasteiger partial charge in [-0.15, -0.1) is 0 Å². The average molecular weight is 390 g/mol. The van der Waals surface area contributed by atoms with Crippen LogP contribution in [0.2, 0.25) is 0 Å². The molecule has 142 valence electrons. The van der Waals surface area contributed by atoms with E-state index in [1.807, 2.05) is 0 Å². The Hall–Kier alpha value is -2.40. The summed E-state index contributed by atoms with van der Waals surface area (Å²) in [6, 6.07) is 6.20. The van der Waals surface area contributed by atoms with Gasteiger partial charge in [-0.05, 0) is 30.3 Å². The van der Waals surface area contributed by atoms with Crippen molar-refractivity contribution in [2.75, 3.05) is 20.6 Å². The minimum atomic E-state index is -4.51. The molecule has 0 atom stereocenters. The Bertz CT molecular complexity index is 874. The molecule has 1 aromatic heterocycles. The minimum Gasteiger partial charge on any atom is -0.350 e. The third-order valence-corrected chi connectivity index (χ3v) is 5.28. The molecule has 1 heterocycles. The number of alkyl halides is 3. The molecule has 0 aliphatic rings. The van der Waals surface area contributed by atoms with E-state index < -0.39 is 27.8 Å². The Balaban J connectivity index is 1.93. The van der Waals surface area contributed by atoms with Crippen LogP contribution >= 0.6 is 0 Å². The first kappa shape index (κ1) is 19.9. The number of amides is 1. The van der Waals surface area contributed by atoms with Crippen LogP contribution in [0, 0.1) is 0 Å². The van der Waals surface area contributed by atoms with Crippen LogP contribution in [0.25, 0.3) is 0 Å². The fraction of sp³-hybridized carbons (Fsp3) is 0.333. The molecule has 11 heteroatoms. The Kier molecular flexibility index (Phi) is 5.71. The Labute approximate surface area is 148 Å². The number of aromatic nitrogens is 2.